The average Bonchev–Trinajstić information content (AvgIpc) is 3.44. The van der Waals surface area contributed by atoms with Crippen molar-refractivity contribution in [3.63, 3.8) is 0 Å². The van der Waals surface area contributed by atoms with Crippen LogP contribution in [0.2, 0.25) is 5.02 Å². The zero-order valence-corrected chi connectivity index (χ0v) is 17.9. The molecular weight excluding hydrogens is 394 g/mol. The number of anilines is 1. The Kier molecular flexibility index (Phi) is 5.73. The highest BCUT2D eigenvalue weighted by Crippen LogP contribution is 2.42. The van der Waals surface area contributed by atoms with Crippen molar-refractivity contribution in [1.29, 1.82) is 0 Å². The number of rotatable bonds is 5. The second kappa shape index (κ2) is 8.25. The lowest BCUT2D eigenvalue weighted by Gasteiger charge is -2.37. The predicted octanol–water partition coefficient (Wildman–Crippen LogP) is 4.19. The molecule has 2 aliphatic rings. The quantitative estimate of drug-likeness (QED) is 0.789. The zero-order chi connectivity index (χ0) is 19.7. The fourth-order valence-electron chi connectivity index (χ4n) is 3.58. The average molecular weight is 420 g/mol. The third-order valence-corrected chi connectivity index (χ3v) is 7.13. The minimum atomic E-state index is -0.0459. The summed E-state index contributed by atoms with van der Waals surface area (Å²) in [6.07, 6.45) is 4.55. The van der Waals surface area contributed by atoms with Gasteiger partial charge in [0.15, 0.2) is 0 Å². The van der Waals surface area contributed by atoms with Gasteiger partial charge in [0.05, 0.1) is 6.04 Å². The van der Waals surface area contributed by atoms with Crippen LogP contribution < -0.4 is 10.2 Å². The molecule has 0 unspecified atom stereocenters. The summed E-state index contributed by atoms with van der Waals surface area (Å²) in [6.45, 7) is 4.26. The second-order valence-corrected chi connectivity index (χ2v) is 9.19. The van der Waals surface area contributed by atoms with Gasteiger partial charge in [0.1, 0.15) is 5.01 Å². The minimum absolute atomic E-state index is 0.0459. The Bertz CT molecular complexity index is 853. The maximum atomic E-state index is 12.7. The van der Waals surface area contributed by atoms with Crippen LogP contribution in [-0.2, 0) is 6.54 Å². The summed E-state index contributed by atoms with van der Waals surface area (Å²) in [5.41, 5.74) is 2.07. The SMILES string of the molecule is Cc1cc(CNC(=O)N(C)[C@@H]2CCCN(c3nnc(C4CC4)s3)C2)ccc1Cl. The second-order valence-electron chi connectivity index (χ2n) is 7.79. The van der Waals surface area contributed by atoms with E-state index in [2.05, 4.69) is 20.4 Å². The molecule has 2 aromatic rings. The van der Waals surface area contributed by atoms with Gasteiger partial charge in [-0.1, -0.05) is 35.1 Å². The van der Waals surface area contributed by atoms with Crippen LogP contribution in [0.3, 0.4) is 0 Å². The fourth-order valence-corrected chi connectivity index (χ4v) is 4.74. The Morgan fingerprint density at radius 1 is 1.36 bits per heavy atom. The Balaban J connectivity index is 1.32. The molecule has 4 rings (SSSR count). The van der Waals surface area contributed by atoms with Gasteiger partial charge in [-0.25, -0.2) is 4.79 Å². The number of halogens is 1. The number of hydrogen-bond donors (Lipinski definition) is 1. The molecule has 150 valence electrons. The molecule has 6 nitrogen and oxygen atoms in total. The van der Waals surface area contributed by atoms with Crippen molar-refractivity contribution in [2.75, 3.05) is 25.0 Å². The molecule has 2 fully saturated rings. The van der Waals surface area contributed by atoms with Crippen molar-refractivity contribution in [2.45, 2.75) is 51.1 Å². The zero-order valence-electron chi connectivity index (χ0n) is 16.3. The smallest absolute Gasteiger partial charge is 0.317 e. The molecule has 1 aromatic carbocycles. The molecule has 2 amide bonds. The molecule has 1 atom stereocenters. The number of hydrogen-bond acceptors (Lipinski definition) is 5. The standard InChI is InChI=1S/C20H26ClN5OS/c1-13-10-14(5-8-17(13)21)11-22-19(27)25(2)16-4-3-9-26(12-16)20-24-23-18(28-20)15-6-7-15/h5,8,10,15-16H,3-4,6-7,9,11-12H2,1-2H3,(H,22,27)/t16-/m1/s1. The first kappa shape index (κ1) is 19.5. The summed E-state index contributed by atoms with van der Waals surface area (Å²) < 4.78 is 0. The molecule has 2 heterocycles. The maximum absolute atomic E-state index is 12.7. The van der Waals surface area contributed by atoms with E-state index in [0.29, 0.717) is 12.5 Å². The number of nitrogens with zero attached hydrogens (tertiary/aromatic N) is 4. The van der Waals surface area contributed by atoms with Crippen molar-refractivity contribution in [2.24, 2.45) is 0 Å². The molecule has 8 heteroatoms. The summed E-state index contributed by atoms with van der Waals surface area (Å²) in [7, 11) is 1.88. The van der Waals surface area contributed by atoms with Gasteiger partial charge in [-0.3, -0.25) is 0 Å². The Morgan fingerprint density at radius 3 is 2.93 bits per heavy atom. The van der Waals surface area contributed by atoms with Gasteiger partial charge in [0.25, 0.3) is 0 Å². The monoisotopic (exact) mass is 419 g/mol. The lowest BCUT2D eigenvalue weighted by Crippen LogP contribution is -2.51. The number of urea groups is 1. The summed E-state index contributed by atoms with van der Waals surface area (Å²) >= 11 is 7.79. The van der Waals surface area contributed by atoms with Gasteiger partial charge in [-0.2, -0.15) is 0 Å². The van der Waals surface area contributed by atoms with Gasteiger partial charge in [0, 0.05) is 37.6 Å². The highest BCUT2D eigenvalue weighted by molar-refractivity contribution is 7.15. The molecule has 1 saturated carbocycles. The molecule has 0 bridgehead atoms. The molecule has 1 aliphatic carbocycles. The van der Waals surface area contributed by atoms with Gasteiger partial charge in [-0.05, 0) is 49.8 Å². The molecule has 0 spiro atoms. The lowest BCUT2D eigenvalue weighted by molar-refractivity contribution is 0.182. The highest BCUT2D eigenvalue weighted by atomic mass is 35.5. The molecule has 1 aromatic heterocycles. The van der Waals surface area contributed by atoms with Crippen molar-refractivity contribution in [3.8, 4) is 0 Å². The molecule has 1 N–H and O–H groups in total. The van der Waals surface area contributed by atoms with Crippen molar-refractivity contribution < 1.29 is 4.79 Å². The molecule has 1 aliphatic heterocycles. The molecule has 28 heavy (non-hydrogen) atoms. The van der Waals surface area contributed by atoms with Gasteiger partial charge >= 0.3 is 6.03 Å². The number of likely N-dealkylation sites (N-methyl/N-ethyl adjacent to an activating group) is 1. The van der Waals surface area contributed by atoms with E-state index in [0.717, 1.165) is 47.2 Å². The minimum Gasteiger partial charge on any atom is -0.345 e. The largest absolute Gasteiger partial charge is 0.345 e. The lowest BCUT2D eigenvalue weighted by atomic mass is 10.1. The van der Waals surface area contributed by atoms with Gasteiger partial charge in [0.2, 0.25) is 5.13 Å². The Morgan fingerprint density at radius 2 is 2.18 bits per heavy atom. The Hall–Kier alpha value is -1.86. The predicted molar refractivity (Wildman–Crippen MR) is 113 cm³/mol. The van der Waals surface area contributed by atoms with Crippen LogP contribution in [0.4, 0.5) is 9.93 Å². The van der Waals surface area contributed by atoms with E-state index in [1.54, 1.807) is 11.3 Å². The summed E-state index contributed by atoms with van der Waals surface area (Å²) in [5.74, 6) is 0.636. The van der Waals surface area contributed by atoms with Crippen LogP contribution in [-0.4, -0.2) is 47.3 Å². The van der Waals surface area contributed by atoms with E-state index < -0.39 is 0 Å². The maximum Gasteiger partial charge on any atom is 0.317 e. The first-order chi connectivity index (χ1) is 13.5. The number of piperidine rings is 1. The number of carbonyl (C=O) groups excluding carboxylic acids is 1. The van der Waals surface area contributed by atoms with Crippen LogP contribution in [0.5, 0.6) is 0 Å². The summed E-state index contributed by atoms with van der Waals surface area (Å²) in [6, 6.07) is 5.96. The normalized spacial score (nSPS) is 19.5. The molecule has 1 saturated heterocycles. The number of carbonyl (C=O) groups is 1. The Labute approximate surface area is 174 Å². The van der Waals surface area contributed by atoms with Crippen LogP contribution in [0.1, 0.15) is 47.7 Å². The van der Waals surface area contributed by atoms with Crippen LogP contribution in [0.25, 0.3) is 0 Å². The fraction of sp³-hybridized carbons (Fsp3) is 0.550. The van der Waals surface area contributed by atoms with Gasteiger partial charge in [-0.15, -0.1) is 10.2 Å². The van der Waals surface area contributed by atoms with E-state index >= 15 is 0 Å². The third kappa shape index (κ3) is 4.41. The van der Waals surface area contributed by atoms with E-state index in [9.17, 15) is 4.79 Å². The topological polar surface area (TPSA) is 61.4 Å². The van der Waals surface area contributed by atoms with Gasteiger partial charge < -0.3 is 15.1 Å². The van der Waals surface area contributed by atoms with E-state index in [1.807, 2.05) is 37.1 Å². The van der Waals surface area contributed by atoms with E-state index in [1.165, 1.54) is 17.8 Å². The van der Waals surface area contributed by atoms with Crippen molar-refractivity contribution >= 4 is 34.1 Å². The first-order valence-corrected chi connectivity index (χ1v) is 11.0. The van der Waals surface area contributed by atoms with E-state index in [-0.39, 0.29) is 12.1 Å². The van der Waals surface area contributed by atoms with Crippen molar-refractivity contribution in [3.05, 3.63) is 39.4 Å². The van der Waals surface area contributed by atoms with Crippen LogP contribution >= 0.6 is 22.9 Å². The third-order valence-electron chi connectivity index (χ3n) is 5.56. The number of amides is 2. The summed E-state index contributed by atoms with van der Waals surface area (Å²) in [4.78, 5) is 16.8. The molecular formula is C20H26ClN5OS. The number of aromatic nitrogens is 2. The van der Waals surface area contributed by atoms with Crippen LogP contribution in [0.15, 0.2) is 18.2 Å². The highest BCUT2D eigenvalue weighted by Gasteiger charge is 2.31. The molecule has 0 radical (unpaired) electrons. The summed E-state index contributed by atoms with van der Waals surface area (Å²) in [5, 5.41) is 14.7. The number of benzene rings is 1. The van der Waals surface area contributed by atoms with Crippen molar-refractivity contribution in [1.82, 2.24) is 20.4 Å². The number of nitrogens with one attached hydrogen (secondary N) is 1. The first-order valence-electron chi connectivity index (χ1n) is 9.85. The van der Waals surface area contributed by atoms with Crippen LogP contribution in [0, 0.1) is 6.92 Å². The van der Waals surface area contributed by atoms with E-state index in [4.69, 9.17) is 11.6 Å². The number of aryl methyl sites for hydroxylation is 1.